The zero-order valence-electron chi connectivity index (χ0n) is 18.3. The maximum Gasteiger partial charge on any atom is 0.338 e. The molecule has 1 aliphatic rings. The fourth-order valence-electron chi connectivity index (χ4n) is 3.91. The van der Waals surface area contributed by atoms with Crippen LogP contribution in [0.2, 0.25) is 0 Å². The average Bonchev–Trinajstić information content (AvgIpc) is 3.38. The molecule has 1 heterocycles. The molecule has 0 spiro atoms. The molecule has 0 radical (unpaired) electrons. The van der Waals surface area contributed by atoms with E-state index >= 15 is 0 Å². The van der Waals surface area contributed by atoms with Gasteiger partial charge < -0.3 is 14.8 Å². The largest absolute Gasteiger partial charge is 0.469 e. The van der Waals surface area contributed by atoms with Crippen molar-refractivity contribution in [3.05, 3.63) is 46.8 Å². The summed E-state index contributed by atoms with van der Waals surface area (Å²) in [6, 6.07) is 7.05. The Morgan fingerprint density at radius 2 is 1.81 bits per heavy atom. The SMILES string of the molecule is COC(=O)CCc1c(C)nn(-c2ccc(C(=O)OCC(=O)NC3CCCC3)cc2)c1C. The Balaban J connectivity index is 1.60. The number of amides is 1. The van der Waals surface area contributed by atoms with Crippen LogP contribution in [-0.4, -0.2) is 47.4 Å². The van der Waals surface area contributed by atoms with Crippen molar-refractivity contribution >= 4 is 17.8 Å². The highest BCUT2D eigenvalue weighted by atomic mass is 16.5. The Kier molecular flexibility index (Phi) is 7.44. The molecule has 1 amide bonds. The summed E-state index contributed by atoms with van der Waals surface area (Å²) in [6.45, 7) is 3.56. The number of benzene rings is 1. The third-order valence-corrected chi connectivity index (χ3v) is 5.65. The minimum Gasteiger partial charge on any atom is -0.469 e. The predicted molar refractivity (Wildman–Crippen MR) is 114 cm³/mol. The number of esters is 2. The first-order valence-corrected chi connectivity index (χ1v) is 10.6. The third kappa shape index (κ3) is 5.71. The summed E-state index contributed by atoms with van der Waals surface area (Å²) in [6.07, 6.45) is 5.06. The summed E-state index contributed by atoms with van der Waals surface area (Å²) in [5.41, 5.74) is 3.94. The number of aryl methyl sites for hydroxylation is 1. The number of aromatic nitrogens is 2. The zero-order valence-corrected chi connectivity index (χ0v) is 18.3. The van der Waals surface area contributed by atoms with Crippen LogP contribution in [0.1, 0.15) is 59.4 Å². The molecule has 1 aliphatic carbocycles. The highest BCUT2D eigenvalue weighted by Crippen LogP contribution is 2.20. The van der Waals surface area contributed by atoms with Gasteiger partial charge in [-0.3, -0.25) is 9.59 Å². The van der Waals surface area contributed by atoms with E-state index in [1.54, 1.807) is 28.9 Å². The lowest BCUT2D eigenvalue weighted by molar-refractivity contribution is -0.140. The fourth-order valence-corrected chi connectivity index (χ4v) is 3.91. The van der Waals surface area contributed by atoms with E-state index in [1.165, 1.54) is 7.11 Å². The van der Waals surface area contributed by atoms with Gasteiger partial charge >= 0.3 is 11.9 Å². The molecule has 3 rings (SSSR count). The van der Waals surface area contributed by atoms with Gasteiger partial charge in [0.2, 0.25) is 0 Å². The van der Waals surface area contributed by atoms with E-state index < -0.39 is 5.97 Å². The van der Waals surface area contributed by atoms with E-state index in [0.717, 1.165) is 48.3 Å². The Hall–Kier alpha value is -3.16. The summed E-state index contributed by atoms with van der Waals surface area (Å²) in [5.74, 6) is -1.06. The van der Waals surface area contributed by atoms with Crippen LogP contribution in [0.25, 0.3) is 5.69 Å². The van der Waals surface area contributed by atoms with Gasteiger partial charge in [-0.15, -0.1) is 0 Å². The summed E-state index contributed by atoms with van der Waals surface area (Å²) in [4.78, 5) is 35.6. The smallest absolute Gasteiger partial charge is 0.338 e. The number of methoxy groups -OCH3 is 1. The van der Waals surface area contributed by atoms with Crippen LogP contribution in [0.15, 0.2) is 24.3 Å². The first kappa shape index (κ1) is 22.5. The van der Waals surface area contributed by atoms with Gasteiger partial charge in [0.05, 0.1) is 24.1 Å². The number of nitrogens with one attached hydrogen (secondary N) is 1. The second-order valence-electron chi connectivity index (χ2n) is 7.81. The second-order valence-corrected chi connectivity index (χ2v) is 7.81. The molecule has 8 heteroatoms. The number of hydrogen-bond donors (Lipinski definition) is 1. The van der Waals surface area contributed by atoms with Crippen molar-refractivity contribution in [1.82, 2.24) is 15.1 Å². The Labute approximate surface area is 181 Å². The molecule has 0 saturated heterocycles. The minimum atomic E-state index is -0.541. The van der Waals surface area contributed by atoms with E-state index in [4.69, 9.17) is 9.47 Å². The van der Waals surface area contributed by atoms with Gasteiger partial charge in [-0.25, -0.2) is 9.48 Å². The van der Waals surface area contributed by atoms with E-state index in [-0.39, 0.29) is 24.5 Å². The molecule has 0 atom stereocenters. The normalized spacial score (nSPS) is 13.8. The molecule has 0 aliphatic heterocycles. The van der Waals surface area contributed by atoms with Crippen LogP contribution >= 0.6 is 0 Å². The quantitative estimate of drug-likeness (QED) is 0.651. The lowest BCUT2D eigenvalue weighted by atomic mass is 10.1. The van der Waals surface area contributed by atoms with Crippen LogP contribution < -0.4 is 5.32 Å². The van der Waals surface area contributed by atoms with Crippen molar-refractivity contribution in [3.63, 3.8) is 0 Å². The molecule has 1 N–H and O–H groups in total. The van der Waals surface area contributed by atoms with Crippen molar-refractivity contribution in [2.75, 3.05) is 13.7 Å². The lowest BCUT2D eigenvalue weighted by Crippen LogP contribution is -2.35. The van der Waals surface area contributed by atoms with Crippen molar-refractivity contribution in [3.8, 4) is 5.69 Å². The first-order valence-electron chi connectivity index (χ1n) is 10.6. The van der Waals surface area contributed by atoms with Crippen molar-refractivity contribution in [1.29, 1.82) is 0 Å². The molecule has 0 bridgehead atoms. The van der Waals surface area contributed by atoms with E-state index in [0.29, 0.717) is 18.4 Å². The molecular formula is C23H29N3O5. The Morgan fingerprint density at radius 3 is 2.45 bits per heavy atom. The molecule has 1 saturated carbocycles. The van der Waals surface area contributed by atoms with E-state index in [9.17, 15) is 14.4 Å². The number of carbonyl (C=O) groups excluding carboxylic acids is 3. The van der Waals surface area contributed by atoms with E-state index in [1.807, 2.05) is 13.8 Å². The number of ether oxygens (including phenoxy) is 2. The maximum absolute atomic E-state index is 12.3. The number of nitrogens with zero attached hydrogens (tertiary/aromatic N) is 2. The summed E-state index contributed by atoms with van der Waals surface area (Å²) >= 11 is 0. The highest BCUT2D eigenvalue weighted by molar-refractivity contribution is 5.91. The topological polar surface area (TPSA) is 99.5 Å². The molecule has 1 aromatic heterocycles. The molecule has 8 nitrogen and oxygen atoms in total. The van der Waals surface area contributed by atoms with Crippen molar-refractivity contribution in [2.45, 2.75) is 58.4 Å². The monoisotopic (exact) mass is 427 g/mol. The predicted octanol–water partition coefficient (Wildman–Crippen LogP) is 2.81. The average molecular weight is 428 g/mol. The molecule has 31 heavy (non-hydrogen) atoms. The van der Waals surface area contributed by atoms with Crippen LogP contribution in [0.4, 0.5) is 0 Å². The minimum absolute atomic E-state index is 0.198. The van der Waals surface area contributed by atoms with Gasteiger partial charge in [-0.1, -0.05) is 12.8 Å². The molecule has 1 fully saturated rings. The molecular weight excluding hydrogens is 398 g/mol. The van der Waals surface area contributed by atoms with Gasteiger partial charge in [0.1, 0.15) is 0 Å². The van der Waals surface area contributed by atoms with Gasteiger partial charge in [0, 0.05) is 18.2 Å². The summed E-state index contributed by atoms with van der Waals surface area (Å²) in [5, 5.41) is 7.46. The van der Waals surface area contributed by atoms with Crippen LogP contribution in [0.5, 0.6) is 0 Å². The van der Waals surface area contributed by atoms with Crippen molar-refractivity contribution < 1.29 is 23.9 Å². The summed E-state index contributed by atoms with van der Waals surface area (Å²) in [7, 11) is 1.38. The number of carbonyl (C=O) groups is 3. The van der Waals surface area contributed by atoms with Crippen LogP contribution in [-0.2, 0) is 25.5 Å². The van der Waals surface area contributed by atoms with Gasteiger partial charge in [0.15, 0.2) is 6.61 Å². The molecule has 0 unspecified atom stereocenters. The first-order chi connectivity index (χ1) is 14.9. The van der Waals surface area contributed by atoms with Gasteiger partial charge in [0.25, 0.3) is 5.91 Å². The Morgan fingerprint density at radius 1 is 1.13 bits per heavy atom. The molecule has 1 aromatic carbocycles. The fraction of sp³-hybridized carbons (Fsp3) is 0.478. The van der Waals surface area contributed by atoms with E-state index in [2.05, 4.69) is 10.4 Å². The van der Waals surface area contributed by atoms with Gasteiger partial charge in [-0.2, -0.15) is 5.10 Å². The number of rotatable bonds is 8. The maximum atomic E-state index is 12.3. The Bertz CT molecular complexity index is 943. The van der Waals surface area contributed by atoms with Crippen molar-refractivity contribution in [2.24, 2.45) is 0 Å². The standard InChI is InChI=1S/C23H29N3O5/c1-15-20(12-13-22(28)30-3)16(2)26(25-15)19-10-8-17(9-11-19)23(29)31-14-21(27)24-18-6-4-5-7-18/h8-11,18H,4-7,12-14H2,1-3H3,(H,24,27). The highest BCUT2D eigenvalue weighted by Gasteiger charge is 2.19. The number of hydrogen-bond acceptors (Lipinski definition) is 6. The molecule has 2 aromatic rings. The van der Waals surface area contributed by atoms with Crippen LogP contribution in [0.3, 0.4) is 0 Å². The third-order valence-electron chi connectivity index (χ3n) is 5.65. The zero-order chi connectivity index (χ0) is 22.4. The van der Waals surface area contributed by atoms with Gasteiger partial charge in [-0.05, 0) is 62.9 Å². The summed E-state index contributed by atoms with van der Waals surface area (Å²) < 4.78 is 11.6. The second kappa shape index (κ2) is 10.2. The van der Waals surface area contributed by atoms with Crippen LogP contribution in [0, 0.1) is 13.8 Å². The molecule has 166 valence electrons. The lowest BCUT2D eigenvalue weighted by Gasteiger charge is -2.12.